The molecule has 0 aromatic carbocycles. The molecule has 0 spiro atoms. The number of rotatable bonds is 7. The summed E-state index contributed by atoms with van der Waals surface area (Å²) >= 11 is 5.16. The molecule has 23 heavy (non-hydrogen) atoms. The van der Waals surface area contributed by atoms with Crippen molar-refractivity contribution >= 4 is 18.1 Å². The van der Waals surface area contributed by atoms with Crippen LogP contribution in [0, 0.1) is 4.77 Å². The van der Waals surface area contributed by atoms with Gasteiger partial charge in [0.2, 0.25) is 5.91 Å². The van der Waals surface area contributed by atoms with Crippen LogP contribution in [0.25, 0.3) is 0 Å². The Hall–Kier alpha value is -1.42. The van der Waals surface area contributed by atoms with Crippen LogP contribution in [-0.2, 0) is 11.2 Å². The summed E-state index contributed by atoms with van der Waals surface area (Å²) in [5.74, 6) is 0.318. The monoisotopic (exact) mass is 351 g/mol. The Labute approximate surface area is 137 Å². The van der Waals surface area contributed by atoms with Gasteiger partial charge >= 0.3 is 6.18 Å². The highest BCUT2D eigenvalue weighted by Gasteiger charge is 2.32. The number of alkyl halides is 3. The standard InChI is InChI=1S/C13H20F3N5OS/c1-8(20(2)7-13(14,15)16)11(22)17-6-5-10-18-19-12(23)21(10)9-3-4-9/h8-9H,3-7H2,1-2H3,(H,17,22)(H,19,23)/t8-/m0/s1. The summed E-state index contributed by atoms with van der Waals surface area (Å²) in [5.41, 5.74) is 0. The summed E-state index contributed by atoms with van der Waals surface area (Å²) in [4.78, 5) is 12.9. The maximum Gasteiger partial charge on any atom is 0.401 e. The number of nitrogens with zero attached hydrogens (tertiary/aromatic N) is 3. The molecular formula is C13H20F3N5OS. The second kappa shape index (κ2) is 7.00. The Morgan fingerprint density at radius 1 is 1.57 bits per heavy atom. The van der Waals surface area contributed by atoms with Crippen LogP contribution in [0.3, 0.4) is 0 Å². The summed E-state index contributed by atoms with van der Waals surface area (Å²) in [6, 6.07) is -0.482. The molecule has 0 aliphatic heterocycles. The Morgan fingerprint density at radius 2 is 2.22 bits per heavy atom. The normalized spacial score (nSPS) is 16.6. The van der Waals surface area contributed by atoms with Gasteiger partial charge in [-0.15, -0.1) is 0 Å². The van der Waals surface area contributed by atoms with Gasteiger partial charge in [-0.1, -0.05) is 0 Å². The third-order valence-corrected chi connectivity index (χ3v) is 4.09. The lowest BCUT2D eigenvalue weighted by molar-refractivity contribution is -0.151. The fraction of sp³-hybridized carbons (Fsp3) is 0.769. The predicted octanol–water partition coefficient (Wildman–Crippen LogP) is 1.82. The largest absolute Gasteiger partial charge is 0.401 e. The summed E-state index contributed by atoms with van der Waals surface area (Å²) in [6.07, 6.45) is -1.72. The van der Waals surface area contributed by atoms with E-state index in [9.17, 15) is 18.0 Å². The van der Waals surface area contributed by atoms with Gasteiger partial charge in [0.1, 0.15) is 5.82 Å². The Kier molecular flexibility index (Phi) is 5.45. The first kappa shape index (κ1) is 17.9. The van der Waals surface area contributed by atoms with Gasteiger partial charge in [0.25, 0.3) is 0 Å². The van der Waals surface area contributed by atoms with Crippen molar-refractivity contribution in [2.45, 2.75) is 44.4 Å². The van der Waals surface area contributed by atoms with Gasteiger partial charge in [-0.3, -0.25) is 14.8 Å². The molecule has 1 saturated carbocycles. The number of halogens is 3. The van der Waals surface area contributed by atoms with Crippen molar-refractivity contribution < 1.29 is 18.0 Å². The minimum atomic E-state index is -4.33. The molecule has 1 aromatic rings. The van der Waals surface area contributed by atoms with Crippen LogP contribution >= 0.6 is 12.2 Å². The van der Waals surface area contributed by atoms with Crippen molar-refractivity contribution in [3.63, 3.8) is 0 Å². The van der Waals surface area contributed by atoms with Crippen molar-refractivity contribution in [1.29, 1.82) is 0 Å². The fourth-order valence-corrected chi connectivity index (χ4v) is 2.59. The quantitative estimate of drug-likeness (QED) is 0.736. The van der Waals surface area contributed by atoms with E-state index < -0.39 is 24.7 Å². The highest BCUT2D eigenvalue weighted by molar-refractivity contribution is 7.71. The van der Waals surface area contributed by atoms with Crippen molar-refractivity contribution in [3.05, 3.63) is 10.6 Å². The van der Waals surface area contributed by atoms with Gasteiger partial charge in [-0.05, 0) is 39.0 Å². The smallest absolute Gasteiger partial charge is 0.354 e. The zero-order valence-electron chi connectivity index (χ0n) is 13.0. The lowest BCUT2D eigenvalue weighted by Crippen LogP contribution is -2.46. The number of hydrogen-bond acceptors (Lipinski definition) is 4. The molecule has 2 rings (SSSR count). The molecular weight excluding hydrogens is 331 g/mol. The summed E-state index contributed by atoms with van der Waals surface area (Å²) in [7, 11) is 1.27. The number of carbonyl (C=O) groups is 1. The lowest BCUT2D eigenvalue weighted by Gasteiger charge is -2.24. The summed E-state index contributed by atoms with van der Waals surface area (Å²) < 4.78 is 39.5. The molecule has 1 aliphatic carbocycles. The minimum absolute atomic E-state index is 0.301. The van der Waals surface area contributed by atoms with E-state index in [-0.39, 0.29) is 0 Å². The fourth-order valence-electron chi connectivity index (χ4n) is 2.29. The van der Waals surface area contributed by atoms with Crippen molar-refractivity contribution in [3.8, 4) is 0 Å². The maximum atomic E-state index is 12.3. The number of aromatic nitrogens is 3. The number of H-pyrrole nitrogens is 1. The number of hydrogen-bond donors (Lipinski definition) is 2. The summed E-state index contributed by atoms with van der Waals surface area (Å²) in [6.45, 7) is 0.624. The number of amides is 1. The first-order valence-corrected chi connectivity index (χ1v) is 7.80. The van der Waals surface area contributed by atoms with E-state index in [0.717, 1.165) is 23.6 Å². The van der Waals surface area contributed by atoms with E-state index in [0.29, 0.717) is 23.8 Å². The molecule has 2 N–H and O–H groups in total. The lowest BCUT2D eigenvalue weighted by atomic mass is 10.2. The molecule has 0 bridgehead atoms. The second-order valence-electron chi connectivity index (χ2n) is 5.79. The highest BCUT2D eigenvalue weighted by atomic mass is 32.1. The van der Waals surface area contributed by atoms with E-state index in [1.807, 2.05) is 4.57 Å². The third-order valence-electron chi connectivity index (χ3n) is 3.81. The molecule has 1 amide bonds. The molecule has 0 radical (unpaired) electrons. The van der Waals surface area contributed by atoms with Crippen LogP contribution in [-0.4, -0.2) is 57.9 Å². The van der Waals surface area contributed by atoms with Crippen LogP contribution in [0.4, 0.5) is 13.2 Å². The van der Waals surface area contributed by atoms with E-state index in [2.05, 4.69) is 15.5 Å². The average molecular weight is 351 g/mol. The summed E-state index contributed by atoms with van der Waals surface area (Å²) in [5, 5.41) is 9.52. The molecule has 1 atom stereocenters. The first-order valence-electron chi connectivity index (χ1n) is 7.39. The SMILES string of the molecule is C[C@@H](C(=O)NCCc1n[nH]c(=S)n1C1CC1)N(C)CC(F)(F)F. The Bertz CT molecular complexity index is 607. The van der Waals surface area contributed by atoms with Crippen LogP contribution < -0.4 is 5.32 Å². The number of likely N-dealkylation sites (N-methyl/N-ethyl adjacent to an activating group) is 1. The predicted molar refractivity (Wildman–Crippen MR) is 80.5 cm³/mol. The van der Waals surface area contributed by atoms with Crippen LogP contribution in [0.5, 0.6) is 0 Å². The molecule has 10 heteroatoms. The van der Waals surface area contributed by atoms with Gasteiger partial charge < -0.3 is 9.88 Å². The van der Waals surface area contributed by atoms with Gasteiger partial charge in [-0.25, -0.2) is 0 Å². The van der Waals surface area contributed by atoms with Gasteiger partial charge in [0.05, 0.1) is 12.6 Å². The molecule has 130 valence electrons. The van der Waals surface area contributed by atoms with E-state index in [4.69, 9.17) is 12.2 Å². The average Bonchev–Trinajstić information content (AvgIpc) is 3.20. The number of carbonyl (C=O) groups excluding carboxylic acids is 1. The molecule has 1 aliphatic rings. The maximum absolute atomic E-state index is 12.3. The third kappa shape index (κ3) is 5.03. The second-order valence-corrected chi connectivity index (χ2v) is 6.18. The van der Waals surface area contributed by atoms with Crippen molar-refractivity contribution in [1.82, 2.24) is 25.0 Å². The number of aromatic amines is 1. The van der Waals surface area contributed by atoms with Gasteiger partial charge in [0.15, 0.2) is 4.77 Å². The number of nitrogens with one attached hydrogen (secondary N) is 2. The van der Waals surface area contributed by atoms with Crippen LogP contribution in [0.15, 0.2) is 0 Å². The highest BCUT2D eigenvalue weighted by Crippen LogP contribution is 2.35. The first-order chi connectivity index (χ1) is 10.7. The minimum Gasteiger partial charge on any atom is -0.354 e. The molecule has 1 fully saturated rings. The Morgan fingerprint density at radius 3 is 2.78 bits per heavy atom. The van der Waals surface area contributed by atoms with Crippen LogP contribution in [0.1, 0.15) is 31.6 Å². The van der Waals surface area contributed by atoms with E-state index in [1.54, 1.807) is 0 Å². The van der Waals surface area contributed by atoms with Crippen molar-refractivity contribution in [2.24, 2.45) is 0 Å². The zero-order valence-corrected chi connectivity index (χ0v) is 13.8. The molecule has 6 nitrogen and oxygen atoms in total. The zero-order chi connectivity index (χ0) is 17.2. The molecule has 0 unspecified atom stereocenters. The van der Waals surface area contributed by atoms with E-state index >= 15 is 0 Å². The van der Waals surface area contributed by atoms with Crippen LogP contribution in [0.2, 0.25) is 0 Å². The van der Waals surface area contributed by atoms with Crippen molar-refractivity contribution in [2.75, 3.05) is 20.1 Å². The molecule has 1 aromatic heterocycles. The topological polar surface area (TPSA) is 66.0 Å². The molecule has 0 saturated heterocycles. The van der Waals surface area contributed by atoms with E-state index in [1.165, 1.54) is 14.0 Å². The van der Waals surface area contributed by atoms with Gasteiger partial charge in [-0.2, -0.15) is 18.3 Å². The Balaban J connectivity index is 1.82. The molecule has 1 heterocycles. The van der Waals surface area contributed by atoms with Gasteiger partial charge in [0, 0.05) is 19.0 Å².